The summed E-state index contributed by atoms with van der Waals surface area (Å²) < 4.78 is 7.13. The highest BCUT2D eigenvalue weighted by atomic mass is 32.2. The Bertz CT molecular complexity index is 976. The Morgan fingerprint density at radius 1 is 1.21 bits per heavy atom. The summed E-state index contributed by atoms with van der Waals surface area (Å²) in [6.45, 7) is 2.03. The largest absolute Gasteiger partial charge is 0.497 e. The molecule has 144 valence electrons. The molecule has 2 N–H and O–H groups in total. The number of fused-ring (bicyclic) bond motifs is 1. The molecule has 0 aliphatic carbocycles. The lowest BCUT2D eigenvalue weighted by Crippen LogP contribution is -2.41. The molecule has 0 saturated carbocycles. The molecule has 0 unspecified atom stereocenters. The molecule has 1 amide bonds. The molecule has 4 rings (SSSR count). The summed E-state index contributed by atoms with van der Waals surface area (Å²) in [7, 11) is 1.60. The van der Waals surface area contributed by atoms with E-state index in [2.05, 4.69) is 20.9 Å². The zero-order valence-electron chi connectivity index (χ0n) is 15.6. The standard InChI is InChI=1S/C20H21N5O2S/c1-3-16-22-23-20-25(16)24-17(13-8-5-4-6-9-13)18(28-20)19(26)21-14-10-7-11-15(12-14)27-2/h4-12,17-18,24H,3H2,1-2H3,(H,21,26)/t17-,18+/m1/s1. The highest BCUT2D eigenvalue weighted by molar-refractivity contribution is 8.00. The molecule has 2 aromatic carbocycles. The van der Waals surface area contributed by atoms with Gasteiger partial charge < -0.3 is 15.5 Å². The van der Waals surface area contributed by atoms with Crippen LogP contribution in [0.1, 0.15) is 24.4 Å². The van der Waals surface area contributed by atoms with Crippen molar-refractivity contribution in [3.05, 3.63) is 66.0 Å². The Hall–Kier alpha value is -3.00. The molecule has 2 atom stereocenters. The lowest BCUT2D eigenvalue weighted by molar-refractivity contribution is -0.116. The van der Waals surface area contributed by atoms with Gasteiger partial charge in [-0.25, -0.2) is 4.68 Å². The smallest absolute Gasteiger partial charge is 0.240 e. The second kappa shape index (κ2) is 7.93. The lowest BCUT2D eigenvalue weighted by Gasteiger charge is -2.33. The van der Waals surface area contributed by atoms with Gasteiger partial charge in [0.25, 0.3) is 0 Å². The van der Waals surface area contributed by atoms with Crippen molar-refractivity contribution in [1.29, 1.82) is 0 Å². The van der Waals surface area contributed by atoms with Crippen molar-refractivity contribution in [3.63, 3.8) is 0 Å². The number of amides is 1. The number of benzene rings is 2. The zero-order chi connectivity index (χ0) is 19.5. The third-order valence-corrected chi connectivity index (χ3v) is 5.79. The van der Waals surface area contributed by atoms with Gasteiger partial charge in [0.05, 0.1) is 13.2 Å². The number of rotatable bonds is 5. The van der Waals surface area contributed by atoms with E-state index in [-0.39, 0.29) is 11.9 Å². The number of aromatic nitrogens is 3. The van der Waals surface area contributed by atoms with Gasteiger partial charge >= 0.3 is 0 Å². The minimum atomic E-state index is -0.407. The molecule has 0 spiro atoms. The number of methoxy groups -OCH3 is 1. The minimum Gasteiger partial charge on any atom is -0.497 e. The number of thioether (sulfide) groups is 1. The monoisotopic (exact) mass is 395 g/mol. The molecule has 0 radical (unpaired) electrons. The van der Waals surface area contributed by atoms with Crippen molar-refractivity contribution in [2.24, 2.45) is 0 Å². The van der Waals surface area contributed by atoms with Crippen LogP contribution in [0.4, 0.5) is 5.69 Å². The number of hydrogen-bond donors (Lipinski definition) is 2. The number of ether oxygens (including phenoxy) is 1. The second-order valence-corrected chi connectivity index (χ2v) is 7.47. The average molecular weight is 395 g/mol. The number of hydrogen-bond acceptors (Lipinski definition) is 6. The molecule has 3 aromatic rings. The Labute approximate surface area is 167 Å². The number of carbonyl (C=O) groups excluding carboxylic acids is 1. The molecule has 1 aromatic heterocycles. The van der Waals surface area contributed by atoms with E-state index >= 15 is 0 Å². The van der Waals surface area contributed by atoms with Gasteiger partial charge in [-0.2, -0.15) is 0 Å². The third kappa shape index (κ3) is 3.55. The van der Waals surface area contributed by atoms with E-state index in [1.165, 1.54) is 11.8 Å². The van der Waals surface area contributed by atoms with Crippen LogP contribution in [0.15, 0.2) is 59.8 Å². The third-order valence-electron chi connectivity index (χ3n) is 4.57. The summed E-state index contributed by atoms with van der Waals surface area (Å²) in [5, 5.41) is 11.7. The number of nitrogens with one attached hydrogen (secondary N) is 2. The van der Waals surface area contributed by atoms with Gasteiger partial charge in [0, 0.05) is 18.2 Å². The van der Waals surface area contributed by atoms with Crippen LogP contribution in [0.25, 0.3) is 0 Å². The first-order chi connectivity index (χ1) is 13.7. The van der Waals surface area contributed by atoms with Gasteiger partial charge in [-0.1, -0.05) is 55.1 Å². The maximum atomic E-state index is 13.2. The summed E-state index contributed by atoms with van der Waals surface area (Å²) in [6.07, 6.45) is 0.753. The van der Waals surface area contributed by atoms with Gasteiger partial charge in [0.15, 0.2) is 5.82 Å². The van der Waals surface area contributed by atoms with Gasteiger partial charge in [-0.05, 0) is 17.7 Å². The number of anilines is 1. The maximum Gasteiger partial charge on any atom is 0.240 e. The van der Waals surface area contributed by atoms with Crippen molar-refractivity contribution >= 4 is 23.4 Å². The molecule has 0 fully saturated rings. The molecule has 2 heterocycles. The van der Waals surface area contributed by atoms with Crippen LogP contribution in [-0.4, -0.2) is 33.1 Å². The van der Waals surface area contributed by atoms with Crippen LogP contribution in [0.3, 0.4) is 0 Å². The summed E-state index contributed by atoms with van der Waals surface area (Å²) in [4.78, 5) is 13.2. The van der Waals surface area contributed by atoms with E-state index < -0.39 is 5.25 Å². The summed E-state index contributed by atoms with van der Waals surface area (Å²) in [5.41, 5.74) is 5.16. The molecule has 0 saturated heterocycles. The van der Waals surface area contributed by atoms with E-state index in [1.54, 1.807) is 13.2 Å². The molecule has 1 aliphatic heterocycles. The van der Waals surface area contributed by atoms with E-state index in [0.717, 1.165) is 17.8 Å². The van der Waals surface area contributed by atoms with Gasteiger partial charge in [-0.3, -0.25) is 4.79 Å². The molecule has 8 heteroatoms. The zero-order valence-corrected chi connectivity index (χ0v) is 16.4. The Kier molecular flexibility index (Phi) is 5.21. The van der Waals surface area contributed by atoms with Crippen molar-refractivity contribution in [2.75, 3.05) is 17.9 Å². The first kappa shape index (κ1) is 18.4. The number of nitrogens with zero attached hydrogens (tertiary/aromatic N) is 3. The molecule has 1 aliphatic rings. The van der Waals surface area contributed by atoms with Crippen LogP contribution in [-0.2, 0) is 11.2 Å². The number of aryl methyl sites for hydroxylation is 1. The quantitative estimate of drug-likeness (QED) is 0.690. The van der Waals surface area contributed by atoms with Gasteiger partial charge in [0.1, 0.15) is 11.0 Å². The van der Waals surface area contributed by atoms with Crippen LogP contribution < -0.4 is 15.5 Å². The summed E-state index contributed by atoms with van der Waals surface area (Å²) in [6, 6.07) is 17.1. The van der Waals surface area contributed by atoms with Crippen LogP contribution in [0, 0.1) is 0 Å². The van der Waals surface area contributed by atoms with Crippen LogP contribution in [0.2, 0.25) is 0 Å². The first-order valence-corrected chi connectivity index (χ1v) is 9.95. The minimum absolute atomic E-state index is 0.105. The van der Waals surface area contributed by atoms with Crippen molar-refractivity contribution in [2.45, 2.75) is 29.8 Å². The fourth-order valence-electron chi connectivity index (χ4n) is 3.15. The van der Waals surface area contributed by atoms with E-state index in [9.17, 15) is 4.79 Å². The van der Waals surface area contributed by atoms with Crippen molar-refractivity contribution < 1.29 is 9.53 Å². The van der Waals surface area contributed by atoms with Gasteiger partial charge in [0.2, 0.25) is 11.1 Å². The molecule has 0 bridgehead atoms. The molecule has 28 heavy (non-hydrogen) atoms. The van der Waals surface area contributed by atoms with Crippen LogP contribution in [0.5, 0.6) is 5.75 Å². The lowest BCUT2D eigenvalue weighted by atomic mass is 10.0. The predicted octanol–water partition coefficient (Wildman–Crippen LogP) is 3.25. The fourth-order valence-corrected chi connectivity index (χ4v) is 4.25. The van der Waals surface area contributed by atoms with E-state index in [0.29, 0.717) is 16.6 Å². The second-order valence-electron chi connectivity index (χ2n) is 6.36. The topological polar surface area (TPSA) is 81.1 Å². The maximum absolute atomic E-state index is 13.2. The summed E-state index contributed by atoms with van der Waals surface area (Å²) in [5.74, 6) is 1.43. The van der Waals surface area contributed by atoms with Crippen molar-refractivity contribution in [3.8, 4) is 5.75 Å². The van der Waals surface area contributed by atoms with E-state index in [1.807, 2.05) is 60.1 Å². The Morgan fingerprint density at radius 3 is 2.79 bits per heavy atom. The van der Waals surface area contributed by atoms with Gasteiger partial charge in [-0.15, -0.1) is 10.2 Å². The molecular weight excluding hydrogens is 374 g/mol. The van der Waals surface area contributed by atoms with Crippen molar-refractivity contribution in [1.82, 2.24) is 14.9 Å². The van der Waals surface area contributed by atoms with E-state index in [4.69, 9.17) is 4.74 Å². The highest BCUT2D eigenvalue weighted by Crippen LogP contribution is 2.37. The average Bonchev–Trinajstić information content (AvgIpc) is 3.15. The SMILES string of the molecule is CCc1nnc2n1N[C@H](c1ccccc1)[C@@H](C(=O)Nc1cccc(OC)c1)S2. The summed E-state index contributed by atoms with van der Waals surface area (Å²) >= 11 is 1.42. The fraction of sp³-hybridized carbons (Fsp3) is 0.250. The Balaban J connectivity index is 1.65. The normalized spacial score (nSPS) is 18.1. The Morgan fingerprint density at radius 2 is 2.04 bits per heavy atom. The highest BCUT2D eigenvalue weighted by Gasteiger charge is 2.37. The number of carbonyl (C=O) groups is 1. The first-order valence-electron chi connectivity index (χ1n) is 9.07. The predicted molar refractivity (Wildman–Crippen MR) is 109 cm³/mol. The van der Waals surface area contributed by atoms with Crippen LogP contribution >= 0.6 is 11.8 Å². The molecule has 7 nitrogen and oxygen atoms in total. The molecular formula is C20H21N5O2S.